The van der Waals surface area contributed by atoms with Gasteiger partial charge in [-0.2, -0.15) is 0 Å². The van der Waals surface area contributed by atoms with Gasteiger partial charge < -0.3 is 0 Å². The molecule has 0 aliphatic rings. The molecule has 2 heteroatoms. The van der Waals surface area contributed by atoms with Crippen molar-refractivity contribution in [2.75, 3.05) is 0 Å². The van der Waals surface area contributed by atoms with E-state index in [1.165, 1.54) is 6.07 Å². The van der Waals surface area contributed by atoms with Crippen molar-refractivity contribution in [1.29, 1.82) is 0 Å². The Kier molecular flexibility index (Phi) is 3.83. The normalized spacial score (nSPS) is 15.0. The Morgan fingerprint density at radius 1 is 1.20 bits per heavy atom. The summed E-state index contributed by atoms with van der Waals surface area (Å²) in [6, 6.07) is 3.88. The van der Waals surface area contributed by atoms with Crippen molar-refractivity contribution >= 4 is 0 Å². The first-order chi connectivity index (χ1) is 7.03. The van der Waals surface area contributed by atoms with Crippen molar-refractivity contribution in [1.82, 2.24) is 0 Å². The quantitative estimate of drug-likeness (QED) is 0.692. The molecule has 0 bridgehead atoms. The fourth-order valence-electron chi connectivity index (χ4n) is 2.03. The third kappa shape index (κ3) is 2.55. The van der Waals surface area contributed by atoms with Crippen LogP contribution in [-0.2, 0) is 5.41 Å². The summed E-state index contributed by atoms with van der Waals surface area (Å²) in [7, 11) is 0. The van der Waals surface area contributed by atoms with Crippen molar-refractivity contribution in [2.45, 2.75) is 45.4 Å². The van der Waals surface area contributed by atoms with E-state index in [1.807, 2.05) is 13.8 Å². The van der Waals surface area contributed by atoms with Crippen molar-refractivity contribution in [3.05, 3.63) is 35.4 Å². The molecule has 0 N–H and O–H groups in total. The van der Waals surface area contributed by atoms with Gasteiger partial charge in [0.25, 0.3) is 0 Å². The van der Waals surface area contributed by atoms with Gasteiger partial charge in [0.05, 0.1) is 0 Å². The molecular weight excluding hydrogens is 194 g/mol. The molecule has 0 spiro atoms. The maximum atomic E-state index is 13.6. The lowest BCUT2D eigenvalue weighted by Crippen LogP contribution is -2.22. The maximum absolute atomic E-state index is 13.6. The first-order valence-electron chi connectivity index (χ1n) is 5.49. The van der Waals surface area contributed by atoms with E-state index in [1.54, 1.807) is 6.07 Å². The van der Waals surface area contributed by atoms with E-state index in [4.69, 9.17) is 0 Å². The van der Waals surface area contributed by atoms with Crippen LogP contribution in [-0.4, -0.2) is 0 Å². The summed E-state index contributed by atoms with van der Waals surface area (Å²) in [5.74, 6) is -0.931. The minimum atomic E-state index is -0.508. The Morgan fingerprint density at radius 3 is 2.33 bits per heavy atom. The molecular formula is C13H18F2. The van der Waals surface area contributed by atoms with E-state index in [0.29, 0.717) is 5.56 Å². The number of rotatable bonds is 4. The number of benzene rings is 1. The molecule has 1 rings (SSSR count). The van der Waals surface area contributed by atoms with Gasteiger partial charge in [0.1, 0.15) is 11.6 Å². The number of hydrogen-bond acceptors (Lipinski definition) is 0. The molecule has 0 radical (unpaired) electrons. The van der Waals surface area contributed by atoms with Crippen LogP contribution in [0.4, 0.5) is 8.78 Å². The third-order valence-corrected chi connectivity index (χ3v) is 3.16. The van der Waals surface area contributed by atoms with Gasteiger partial charge in [-0.3, -0.25) is 0 Å². The molecule has 15 heavy (non-hydrogen) atoms. The van der Waals surface area contributed by atoms with Crippen molar-refractivity contribution in [3.63, 3.8) is 0 Å². The Balaban J connectivity index is 3.12. The molecule has 1 atom stereocenters. The summed E-state index contributed by atoms with van der Waals surface area (Å²) in [5.41, 5.74) is 0.459. The van der Waals surface area contributed by atoms with Gasteiger partial charge in [-0.1, -0.05) is 33.3 Å². The zero-order chi connectivity index (χ0) is 11.5. The smallest absolute Gasteiger partial charge is 0.129 e. The van der Waals surface area contributed by atoms with E-state index in [2.05, 4.69) is 6.92 Å². The van der Waals surface area contributed by atoms with E-state index in [0.717, 1.165) is 25.3 Å². The molecule has 0 nitrogen and oxygen atoms in total. The summed E-state index contributed by atoms with van der Waals surface area (Å²) in [6.07, 6.45) is 2.79. The first kappa shape index (κ1) is 12.2. The lowest BCUT2D eigenvalue weighted by molar-refractivity contribution is 0.392. The van der Waals surface area contributed by atoms with Gasteiger partial charge in [-0.25, -0.2) is 8.78 Å². The SMILES string of the molecule is CCCC(C)(CC)c1ccc(F)cc1F. The molecule has 0 saturated heterocycles. The zero-order valence-electron chi connectivity index (χ0n) is 9.61. The highest BCUT2D eigenvalue weighted by Crippen LogP contribution is 2.34. The van der Waals surface area contributed by atoms with Crippen LogP contribution < -0.4 is 0 Å². The highest BCUT2D eigenvalue weighted by molar-refractivity contribution is 5.26. The summed E-state index contributed by atoms with van der Waals surface area (Å²) in [4.78, 5) is 0. The molecule has 0 aliphatic carbocycles. The summed E-state index contributed by atoms with van der Waals surface area (Å²) in [5, 5.41) is 0. The van der Waals surface area contributed by atoms with E-state index in [9.17, 15) is 8.78 Å². The highest BCUT2D eigenvalue weighted by atomic mass is 19.1. The monoisotopic (exact) mass is 212 g/mol. The molecule has 0 heterocycles. The Bertz CT molecular complexity index is 333. The fourth-order valence-corrected chi connectivity index (χ4v) is 2.03. The Labute approximate surface area is 90.3 Å². The van der Waals surface area contributed by atoms with Crippen LogP contribution in [0.2, 0.25) is 0 Å². The average Bonchev–Trinajstić information content (AvgIpc) is 2.17. The van der Waals surface area contributed by atoms with E-state index >= 15 is 0 Å². The molecule has 0 amide bonds. The molecule has 0 saturated carbocycles. The lowest BCUT2D eigenvalue weighted by Gasteiger charge is -2.28. The van der Waals surface area contributed by atoms with Crippen LogP contribution >= 0.6 is 0 Å². The fraction of sp³-hybridized carbons (Fsp3) is 0.538. The molecule has 1 aromatic carbocycles. The molecule has 1 aromatic rings. The standard InChI is InChI=1S/C13H18F2/c1-4-8-13(3,5-2)11-7-6-10(14)9-12(11)15/h6-7,9H,4-5,8H2,1-3H3. The van der Waals surface area contributed by atoms with Crippen molar-refractivity contribution in [3.8, 4) is 0 Å². The van der Waals surface area contributed by atoms with Crippen LogP contribution in [0.15, 0.2) is 18.2 Å². The predicted octanol–water partition coefficient (Wildman–Crippen LogP) is 4.43. The van der Waals surface area contributed by atoms with Crippen molar-refractivity contribution < 1.29 is 8.78 Å². The number of halogens is 2. The van der Waals surface area contributed by atoms with Crippen molar-refractivity contribution in [2.24, 2.45) is 0 Å². The summed E-state index contributed by atoms with van der Waals surface area (Å²) < 4.78 is 26.4. The van der Waals surface area contributed by atoms with Gasteiger partial charge in [-0.05, 0) is 29.9 Å². The second-order valence-corrected chi connectivity index (χ2v) is 4.29. The van der Waals surface area contributed by atoms with Gasteiger partial charge >= 0.3 is 0 Å². The van der Waals surface area contributed by atoms with Crippen LogP contribution in [0.25, 0.3) is 0 Å². The molecule has 0 aliphatic heterocycles. The van der Waals surface area contributed by atoms with Gasteiger partial charge in [0.15, 0.2) is 0 Å². The highest BCUT2D eigenvalue weighted by Gasteiger charge is 2.26. The second kappa shape index (κ2) is 4.73. The topological polar surface area (TPSA) is 0 Å². The second-order valence-electron chi connectivity index (χ2n) is 4.29. The van der Waals surface area contributed by atoms with Crippen LogP contribution in [0.5, 0.6) is 0 Å². The van der Waals surface area contributed by atoms with Crippen LogP contribution in [0.1, 0.15) is 45.6 Å². The minimum Gasteiger partial charge on any atom is -0.207 e. The maximum Gasteiger partial charge on any atom is 0.129 e. The van der Waals surface area contributed by atoms with Crippen LogP contribution in [0.3, 0.4) is 0 Å². The lowest BCUT2D eigenvalue weighted by atomic mass is 9.76. The molecule has 1 unspecified atom stereocenters. The molecule has 84 valence electrons. The number of hydrogen-bond donors (Lipinski definition) is 0. The first-order valence-corrected chi connectivity index (χ1v) is 5.49. The predicted molar refractivity (Wildman–Crippen MR) is 58.9 cm³/mol. The minimum absolute atomic E-state index is 0.174. The largest absolute Gasteiger partial charge is 0.207 e. The van der Waals surface area contributed by atoms with Gasteiger partial charge in [0, 0.05) is 6.07 Å². The summed E-state index contributed by atoms with van der Waals surface area (Å²) in [6.45, 7) is 6.15. The van der Waals surface area contributed by atoms with E-state index < -0.39 is 11.6 Å². The van der Waals surface area contributed by atoms with Crippen LogP contribution in [0, 0.1) is 11.6 Å². The van der Waals surface area contributed by atoms with Gasteiger partial charge in [0.2, 0.25) is 0 Å². The Morgan fingerprint density at radius 2 is 1.87 bits per heavy atom. The van der Waals surface area contributed by atoms with E-state index in [-0.39, 0.29) is 5.41 Å². The molecule has 0 aromatic heterocycles. The Hall–Kier alpha value is -0.920. The zero-order valence-corrected chi connectivity index (χ0v) is 9.61. The average molecular weight is 212 g/mol. The summed E-state index contributed by atoms with van der Waals surface area (Å²) >= 11 is 0. The third-order valence-electron chi connectivity index (χ3n) is 3.16. The van der Waals surface area contributed by atoms with Gasteiger partial charge in [-0.15, -0.1) is 0 Å². The molecule has 0 fully saturated rings.